The quantitative estimate of drug-likeness (QED) is 0.259. The van der Waals surface area contributed by atoms with Gasteiger partial charge >= 0.3 is 0 Å². The second kappa shape index (κ2) is 9.27. The lowest BCUT2D eigenvalue weighted by Crippen LogP contribution is -1.86. The van der Waals surface area contributed by atoms with Crippen LogP contribution in [-0.4, -0.2) is 9.97 Å². The summed E-state index contributed by atoms with van der Waals surface area (Å²) in [7, 11) is 0. The van der Waals surface area contributed by atoms with Gasteiger partial charge in [-0.3, -0.25) is 0 Å². The molecular formula is C34H24N2S. The highest BCUT2D eigenvalue weighted by molar-refractivity contribution is 7.99. The molecule has 0 saturated carbocycles. The number of H-pyrrole nitrogens is 1. The Morgan fingerprint density at radius 3 is 2.03 bits per heavy atom. The molecule has 0 amide bonds. The molecule has 0 aliphatic heterocycles. The minimum Gasteiger partial charge on any atom is -0.337 e. The molecule has 0 unspecified atom stereocenters. The molecule has 5 aromatic carbocycles. The normalized spacial score (nSPS) is 11.8. The van der Waals surface area contributed by atoms with E-state index in [-0.39, 0.29) is 0 Å². The van der Waals surface area contributed by atoms with Crippen molar-refractivity contribution in [1.29, 1.82) is 0 Å². The van der Waals surface area contributed by atoms with Gasteiger partial charge in [-0.15, -0.1) is 0 Å². The molecule has 1 aromatic heterocycles. The topological polar surface area (TPSA) is 28.7 Å². The first-order valence-electron chi connectivity index (χ1n) is 12.5. The molecule has 0 bridgehead atoms. The maximum atomic E-state index is 5.05. The molecule has 0 spiro atoms. The third-order valence-corrected chi connectivity index (χ3v) is 8.09. The van der Waals surface area contributed by atoms with Gasteiger partial charge in [-0.25, -0.2) is 4.98 Å². The van der Waals surface area contributed by atoms with Gasteiger partial charge in [-0.05, 0) is 46.9 Å². The Labute approximate surface area is 221 Å². The summed E-state index contributed by atoms with van der Waals surface area (Å²) in [5, 5.41) is 0. The Kier molecular flexibility index (Phi) is 5.49. The predicted molar refractivity (Wildman–Crippen MR) is 154 cm³/mol. The fourth-order valence-electron chi connectivity index (χ4n) is 5.16. The van der Waals surface area contributed by atoms with Crippen LogP contribution in [0.25, 0.3) is 45.0 Å². The van der Waals surface area contributed by atoms with Crippen LogP contribution in [0.5, 0.6) is 0 Å². The zero-order chi connectivity index (χ0) is 24.6. The number of aromatic nitrogens is 2. The van der Waals surface area contributed by atoms with Gasteiger partial charge in [0.05, 0.1) is 11.4 Å². The van der Waals surface area contributed by atoms with Crippen LogP contribution in [-0.2, 0) is 6.42 Å². The van der Waals surface area contributed by atoms with Crippen molar-refractivity contribution in [2.24, 2.45) is 0 Å². The Hall–Kier alpha value is -4.34. The lowest BCUT2D eigenvalue weighted by molar-refractivity contribution is 1.18. The molecule has 0 fully saturated rings. The van der Waals surface area contributed by atoms with E-state index in [1.165, 1.54) is 32.0 Å². The van der Waals surface area contributed by atoms with E-state index in [0.717, 1.165) is 40.3 Å². The minimum atomic E-state index is 0.880. The summed E-state index contributed by atoms with van der Waals surface area (Å²) in [5.41, 5.74) is 10.9. The fraction of sp³-hybridized carbons (Fsp3) is 0.0294. The van der Waals surface area contributed by atoms with Gasteiger partial charge in [-0.1, -0.05) is 121 Å². The molecule has 37 heavy (non-hydrogen) atoms. The van der Waals surface area contributed by atoms with Crippen LogP contribution in [0.15, 0.2) is 137 Å². The predicted octanol–water partition coefficient (Wildman–Crippen LogP) is 9.13. The van der Waals surface area contributed by atoms with Gasteiger partial charge in [0.1, 0.15) is 5.82 Å². The van der Waals surface area contributed by atoms with E-state index < -0.39 is 0 Å². The Morgan fingerprint density at radius 1 is 0.568 bits per heavy atom. The lowest BCUT2D eigenvalue weighted by atomic mass is 10.1. The van der Waals surface area contributed by atoms with Crippen molar-refractivity contribution < 1.29 is 0 Å². The van der Waals surface area contributed by atoms with Crippen molar-refractivity contribution in [2.45, 2.75) is 16.2 Å². The molecule has 0 saturated heterocycles. The highest BCUT2D eigenvalue weighted by Gasteiger charge is 2.21. The van der Waals surface area contributed by atoms with E-state index in [1.807, 2.05) is 23.9 Å². The Bertz CT molecular complexity index is 1640. The number of hydrogen-bond acceptors (Lipinski definition) is 2. The highest BCUT2D eigenvalue weighted by atomic mass is 32.2. The zero-order valence-electron chi connectivity index (χ0n) is 20.2. The first kappa shape index (κ1) is 21.9. The number of imidazole rings is 1. The Morgan fingerprint density at radius 2 is 1.24 bits per heavy atom. The van der Waals surface area contributed by atoms with Crippen LogP contribution < -0.4 is 0 Å². The summed E-state index contributed by atoms with van der Waals surface area (Å²) in [6.07, 6.45) is 1.00. The average Bonchev–Trinajstić information content (AvgIpc) is 3.58. The maximum Gasteiger partial charge on any atom is 0.138 e. The van der Waals surface area contributed by atoms with Gasteiger partial charge < -0.3 is 4.98 Å². The van der Waals surface area contributed by atoms with Crippen LogP contribution in [0.4, 0.5) is 0 Å². The van der Waals surface area contributed by atoms with E-state index in [0.29, 0.717) is 0 Å². The van der Waals surface area contributed by atoms with Gasteiger partial charge in [0.15, 0.2) is 0 Å². The van der Waals surface area contributed by atoms with Crippen molar-refractivity contribution in [2.75, 3.05) is 0 Å². The van der Waals surface area contributed by atoms with E-state index in [9.17, 15) is 0 Å². The first-order chi connectivity index (χ1) is 18.3. The standard InChI is InChI=1S/C34H24N2S/c1-3-10-23(11-4-1)32-33(24-12-5-2-6-13-24)36-34(35-32)25-18-20-27(21-19-25)37-31-17-9-16-29-28-15-8-7-14-26(28)22-30(29)31/h1-21H,22H2,(H,35,36). The fourth-order valence-corrected chi connectivity index (χ4v) is 6.14. The largest absolute Gasteiger partial charge is 0.337 e. The monoisotopic (exact) mass is 492 g/mol. The summed E-state index contributed by atoms with van der Waals surface area (Å²) in [6.45, 7) is 0. The number of aromatic amines is 1. The number of hydrogen-bond donors (Lipinski definition) is 1. The third-order valence-electron chi connectivity index (χ3n) is 6.98. The number of benzene rings is 5. The van der Waals surface area contributed by atoms with E-state index >= 15 is 0 Å². The molecule has 176 valence electrons. The van der Waals surface area contributed by atoms with Gasteiger partial charge in [0.2, 0.25) is 0 Å². The van der Waals surface area contributed by atoms with Crippen LogP contribution in [0.3, 0.4) is 0 Å². The number of fused-ring (bicyclic) bond motifs is 3. The smallest absolute Gasteiger partial charge is 0.138 e. The Balaban J connectivity index is 1.20. The van der Waals surface area contributed by atoms with E-state index in [4.69, 9.17) is 4.98 Å². The second-order valence-corrected chi connectivity index (χ2v) is 10.4. The molecule has 1 aliphatic carbocycles. The highest BCUT2D eigenvalue weighted by Crippen LogP contribution is 2.43. The van der Waals surface area contributed by atoms with Crippen LogP contribution in [0.1, 0.15) is 11.1 Å². The van der Waals surface area contributed by atoms with Crippen molar-refractivity contribution in [3.8, 4) is 45.0 Å². The third kappa shape index (κ3) is 4.08. The van der Waals surface area contributed by atoms with Crippen LogP contribution in [0, 0.1) is 0 Å². The maximum absolute atomic E-state index is 5.05. The summed E-state index contributed by atoms with van der Waals surface area (Å²) in [5.74, 6) is 0.880. The van der Waals surface area contributed by atoms with Gasteiger partial charge in [0.25, 0.3) is 0 Å². The summed E-state index contributed by atoms with van der Waals surface area (Å²) < 4.78 is 0. The summed E-state index contributed by atoms with van der Waals surface area (Å²) in [6, 6.07) is 45.0. The van der Waals surface area contributed by atoms with Crippen molar-refractivity contribution in [3.05, 3.63) is 139 Å². The molecule has 3 heteroatoms. The number of rotatable bonds is 5. The SMILES string of the molecule is c1ccc(-c2nc(-c3ccc(Sc4cccc5c4Cc4ccccc4-5)cc3)[nH]c2-c2ccccc2)cc1. The van der Waals surface area contributed by atoms with Crippen molar-refractivity contribution >= 4 is 11.8 Å². The average molecular weight is 493 g/mol. The van der Waals surface area contributed by atoms with Crippen molar-refractivity contribution in [3.63, 3.8) is 0 Å². The molecule has 2 nitrogen and oxygen atoms in total. The lowest BCUT2D eigenvalue weighted by Gasteiger charge is -2.09. The van der Waals surface area contributed by atoms with Crippen molar-refractivity contribution in [1.82, 2.24) is 9.97 Å². The van der Waals surface area contributed by atoms with Gasteiger partial charge in [0, 0.05) is 26.5 Å². The second-order valence-electron chi connectivity index (χ2n) is 9.28. The molecular weight excluding hydrogens is 468 g/mol. The summed E-state index contributed by atoms with van der Waals surface area (Å²) in [4.78, 5) is 11.2. The van der Waals surface area contributed by atoms with Crippen LogP contribution in [0.2, 0.25) is 0 Å². The van der Waals surface area contributed by atoms with Crippen LogP contribution >= 0.6 is 11.8 Å². The molecule has 0 radical (unpaired) electrons. The first-order valence-corrected chi connectivity index (χ1v) is 13.3. The molecule has 1 aliphatic rings. The minimum absolute atomic E-state index is 0.880. The molecule has 1 N–H and O–H groups in total. The molecule has 0 atom stereocenters. The van der Waals surface area contributed by atoms with E-state index in [2.05, 4.69) is 120 Å². The number of nitrogens with zero attached hydrogens (tertiary/aromatic N) is 1. The molecule has 7 rings (SSSR count). The van der Waals surface area contributed by atoms with Gasteiger partial charge in [-0.2, -0.15) is 0 Å². The zero-order valence-corrected chi connectivity index (χ0v) is 21.0. The molecule has 6 aromatic rings. The molecule has 1 heterocycles. The number of nitrogens with one attached hydrogen (secondary N) is 1. The van der Waals surface area contributed by atoms with E-state index in [1.54, 1.807) is 0 Å². The summed E-state index contributed by atoms with van der Waals surface area (Å²) >= 11 is 1.84.